The first-order valence-electron chi connectivity index (χ1n) is 3.56. The fourth-order valence-corrected chi connectivity index (χ4v) is 1.08. The molecule has 0 aromatic carbocycles. The third-order valence-corrected chi connectivity index (χ3v) is 1.87. The van der Waals surface area contributed by atoms with Crippen molar-refractivity contribution in [1.82, 2.24) is 0 Å². The van der Waals surface area contributed by atoms with Gasteiger partial charge in [-0.05, 0) is 0 Å². The van der Waals surface area contributed by atoms with E-state index in [2.05, 4.69) is 4.74 Å². The molecule has 7 heteroatoms. The lowest BCUT2D eigenvalue weighted by molar-refractivity contribution is -0.286. The summed E-state index contributed by atoms with van der Waals surface area (Å²) in [5.41, 5.74) is 0. The van der Waals surface area contributed by atoms with Crippen LogP contribution in [0.5, 0.6) is 0 Å². The molecule has 0 bridgehead atoms. The molecule has 13 heavy (non-hydrogen) atoms. The first-order chi connectivity index (χ1) is 5.57. The minimum Gasteiger partial charge on any atom is -0.394 e. The summed E-state index contributed by atoms with van der Waals surface area (Å²) in [7, 11) is 0. The van der Waals surface area contributed by atoms with Crippen molar-refractivity contribution >= 4 is 17.0 Å². The minimum atomic E-state index is -1.57. The number of hydrogen-bond acceptors (Lipinski definition) is 6. The highest BCUT2D eigenvalue weighted by Crippen LogP contribution is 2.18. The maximum atomic E-state index is 9.12. The van der Waals surface area contributed by atoms with Crippen LogP contribution in [0.15, 0.2) is 0 Å². The van der Waals surface area contributed by atoms with E-state index in [1.165, 1.54) is 0 Å². The van der Waals surface area contributed by atoms with Crippen LogP contribution in [-0.4, -0.2) is 62.8 Å². The van der Waals surface area contributed by atoms with Gasteiger partial charge in [0.2, 0.25) is 0 Å². The molecule has 1 fully saturated rings. The molecule has 1 rings (SSSR count). The standard InChI is InChI=1S/C6H12O6.BrH/c7-1-2-3(8)4(9)5(10)6(11)12-2;/h2-11H,1H2;1H/t2-,3+,4+,5-,6-;/m1./s1. The van der Waals surface area contributed by atoms with E-state index >= 15 is 0 Å². The molecule has 80 valence electrons. The summed E-state index contributed by atoms with van der Waals surface area (Å²) in [6, 6.07) is 0. The van der Waals surface area contributed by atoms with Crippen molar-refractivity contribution in [3.05, 3.63) is 0 Å². The number of ether oxygens (including phenoxy) is 1. The van der Waals surface area contributed by atoms with Gasteiger partial charge >= 0.3 is 0 Å². The third-order valence-electron chi connectivity index (χ3n) is 1.87. The summed E-state index contributed by atoms with van der Waals surface area (Å²) in [6.45, 7) is -0.526. The fraction of sp³-hybridized carbons (Fsp3) is 1.00. The van der Waals surface area contributed by atoms with Gasteiger partial charge in [0.25, 0.3) is 0 Å². The molecule has 1 heterocycles. The Hall–Kier alpha value is 0.240. The van der Waals surface area contributed by atoms with Gasteiger partial charge in [0.15, 0.2) is 6.29 Å². The third kappa shape index (κ3) is 2.59. The van der Waals surface area contributed by atoms with Gasteiger partial charge in [0.1, 0.15) is 24.4 Å². The van der Waals surface area contributed by atoms with Gasteiger partial charge in [-0.15, -0.1) is 17.0 Å². The second-order valence-corrected chi connectivity index (χ2v) is 2.72. The molecule has 0 spiro atoms. The lowest BCUT2D eigenvalue weighted by atomic mass is 10.00. The van der Waals surface area contributed by atoms with Crippen LogP contribution < -0.4 is 0 Å². The first-order valence-corrected chi connectivity index (χ1v) is 3.56. The number of aliphatic hydroxyl groups is 5. The normalized spacial score (nSPS) is 45.5. The summed E-state index contributed by atoms with van der Waals surface area (Å²) in [6.07, 6.45) is -7.04. The number of rotatable bonds is 1. The lowest BCUT2D eigenvalue weighted by Crippen LogP contribution is -2.58. The number of hydrogen-bond donors (Lipinski definition) is 5. The maximum Gasteiger partial charge on any atom is 0.184 e. The maximum absolute atomic E-state index is 9.12. The van der Waals surface area contributed by atoms with E-state index < -0.39 is 37.3 Å². The van der Waals surface area contributed by atoms with Crippen molar-refractivity contribution in [3.63, 3.8) is 0 Å². The van der Waals surface area contributed by atoms with Crippen molar-refractivity contribution < 1.29 is 30.3 Å². The Kier molecular flexibility index (Phi) is 5.30. The molecule has 0 saturated carbocycles. The molecule has 1 saturated heterocycles. The minimum absolute atomic E-state index is 0. The zero-order valence-electron chi connectivity index (χ0n) is 6.65. The fourth-order valence-electron chi connectivity index (χ4n) is 1.08. The summed E-state index contributed by atoms with van der Waals surface area (Å²) in [5, 5.41) is 44.7. The first kappa shape index (κ1) is 13.2. The summed E-state index contributed by atoms with van der Waals surface area (Å²) in [4.78, 5) is 0. The molecular formula is C6H13BrO6. The highest BCUT2D eigenvalue weighted by Gasteiger charge is 2.42. The Bertz CT molecular complexity index is 151. The van der Waals surface area contributed by atoms with Crippen LogP contribution in [0.4, 0.5) is 0 Å². The van der Waals surface area contributed by atoms with Crippen LogP contribution in [0, 0.1) is 0 Å². The molecule has 6 nitrogen and oxygen atoms in total. The molecule has 0 aromatic rings. The number of halogens is 1. The van der Waals surface area contributed by atoms with Gasteiger partial charge < -0.3 is 30.3 Å². The van der Waals surface area contributed by atoms with Crippen molar-refractivity contribution in [2.75, 3.05) is 6.61 Å². The summed E-state index contributed by atoms with van der Waals surface area (Å²) < 4.78 is 4.58. The molecule has 5 N–H and O–H groups in total. The average molecular weight is 261 g/mol. The second-order valence-electron chi connectivity index (χ2n) is 2.72. The van der Waals surface area contributed by atoms with Gasteiger partial charge in [0, 0.05) is 0 Å². The van der Waals surface area contributed by atoms with E-state index in [1.807, 2.05) is 0 Å². The van der Waals surface area contributed by atoms with Crippen LogP contribution >= 0.6 is 17.0 Å². The van der Waals surface area contributed by atoms with E-state index in [-0.39, 0.29) is 17.0 Å². The SMILES string of the molecule is Br.OC[C@H]1O[C@@H](O)[C@H](O)[C@@H](O)[C@H]1O. The zero-order chi connectivity index (χ0) is 9.30. The van der Waals surface area contributed by atoms with Crippen LogP contribution in [-0.2, 0) is 4.74 Å². The van der Waals surface area contributed by atoms with Gasteiger partial charge in [0.05, 0.1) is 6.61 Å². The molecule has 0 aromatic heterocycles. The summed E-state index contributed by atoms with van der Waals surface area (Å²) in [5.74, 6) is 0. The van der Waals surface area contributed by atoms with Crippen LogP contribution in [0.25, 0.3) is 0 Å². The Balaban J connectivity index is 0.00000144. The predicted octanol–water partition coefficient (Wildman–Crippen LogP) is -2.64. The highest BCUT2D eigenvalue weighted by atomic mass is 79.9. The van der Waals surface area contributed by atoms with Crippen LogP contribution in [0.1, 0.15) is 0 Å². The monoisotopic (exact) mass is 260 g/mol. The molecule has 0 aliphatic carbocycles. The Morgan fingerprint density at radius 2 is 1.46 bits per heavy atom. The molecule has 5 atom stereocenters. The predicted molar refractivity (Wildman–Crippen MR) is 46.3 cm³/mol. The van der Waals surface area contributed by atoms with E-state index in [1.54, 1.807) is 0 Å². The topological polar surface area (TPSA) is 110 Å². The Labute approximate surface area is 85.2 Å². The van der Waals surface area contributed by atoms with Gasteiger partial charge in [-0.2, -0.15) is 0 Å². The quantitative estimate of drug-likeness (QED) is 0.353. The largest absolute Gasteiger partial charge is 0.394 e. The van der Waals surface area contributed by atoms with Crippen molar-refractivity contribution in [1.29, 1.82) is 0 Å². The molecule has 0 unspecified atom stereocenters. The van der Waals surface area contributed by atoms with E-state index in [4.69, 9.17) is 25.5 Å². The number of aliphatic hydroxyl groups excluding tert-OH is 5. The van der Waals surface area contributed by atoms with Crippen LogP contribution in [0.2, 0.25) is 0 Å². The molecule has 1 aliphatic heterocycles. The second kappa shape index (κ2) is 5.20. The van der Waals surface area contributed by atoms with Crippen LogP contribution in [0.3, 0.4) is 0 Å². The molecular weight excluding hydrogens is 248 g/mol. The lowest BCUT2D eigenvalue weighted by Gasteiger charge is -2.37. The molecule has 0 radical (unpaired) electrons. The van der Waals surface area contributed by atoms with Gasteiger partial charge in [-0.3, -0.25) is 0 Å². The van der Waals surface area contributed by atoms with Crippen molar-refractivity contribution in [2.45, 2.75) is 30.7 Å². The zero-order valence-corrected chi connectivity index (χ0v) is 8.36. The summed E-state index contributed by atoms with van der Waals surface area (Å²) >= 11 is 0. The highest BCUT2D eigenvalue weighted by molar-refractivity contribution is 8.93. The van der Waals surface area contributed by atoms with Gasteiger partial charge in [-0.25, -0.2) is 0 Å². The Morgan fingerprint density at radius 1 is 0.923 bits per heavy atom. The van der Waals surface area contributed by atoms with Crippen molar-refractivity contribution in [3.8, 4) is 0 Å². The smallest absolute Gasteiger partial charge is 0.184 e. The Morgan fingerprint density at radius 3 is 1.92 bits per heavy atom. The van der Waals surface area contributed by atoms with Gasteiger partial charge in [-0.1, -0.05) is 0 Å². The van der Waals surface area contributed by atoms with E-state index in [9.17, 15) is 0 Å². The molecule has 0 amide bonds. The average Bonchev–Trinajstić information content (AvgIpc) is 2.08. The van der Waals surface area contributed by atoms with E-state index in [0.717, 1.165) is 0 Å². The van der Waals surface area contributed by atoms with Crippen molar-refractivity contribution in [2.24, 2.45) is 0 Å². The molecule has 1 aliphatic rings. The van der Waals surface area contributed by atoms with E-state index in [0.29, 0.717) is 0 Å².